The lowest BCUT2D eigenvalue weighted by molar-refractivity contribution is 0.0660. The average Bonchev–Trinajstić information content (AvgIpc) is 3.08. The number of nitrogens with one attached hydrogen (secondary N) is 1. The molecule has 1 atom stereocenters. The van der Waals surface area contributed by atoms with Gasteiger partial charge in [-0.1, -0.05) is 16.8 Å². The van der Waals surface area contributed by atoms with Gasteiger partial charge in [0.1, 0.15) is 0 Å². The van der Waals surface area contributed by atoms with Crippen LogP contribution in [0.1, 0.15) is 34.5 Å². The van der Waals surface area contributed by atoms with Crippen molar-refractivity contribution in [2.24, 2.45) is 5.92 Å². The lowest BCUT2D eigenvalue weighted by Crippen LogP contribution is -2.41. The maximum atomic E-state index is 13.0. The number of nitrogens with zero attached hydrogens (tertiary/aromatic N) is 4. The molecule has 0 spiro atoms. The van der Waals surface area contributed by atoms with Crippen LogP contribution in [-0.2, 0) is 13.0 Å². The second-order valence-electron chi connectivity index (χ2n) is 6.96. The summed E-state index contributed by atoms with van der Waals surface area (Å²) < 4.78 is 1.83. The number of aliphatic hydroxyl groups is 1. The minimum absolute atomic E-state index is 0.0781. The molecule has 1 aromatic heterocycles. The largest absolute Gasteiger partial charge is 0.396 e. The molecule has 7 heteroatoms. The maximum Gasteiger partial charge on any atom is 0.255 e. The Bertz CT molecular complexity index is 758. The van der Waals surface area contributed by atoms with Gasteiger partial charge in [0, 0.05) is 51.6 Å². The summed E-state index contributed by atoms with van der Waals surface area (Å²) in [7, 11) is 1.84. The predicted octanol–water partition coefficient (Wildman–Crippen LogP) is 1.72. The molecule has 2 heterocycles. The van der Waals surface area contributed by atoms with E-state index in [4.69, 9.17) is 5.11 Å². The summed E-state index contributed by atoms with van der Waals surface area (Å²) >= 11 is 0. The van der Waals surface area contributed by atoms with Gasteiger partial charge in [-0.05, 0) is 37.8 Å². The van der Waals surface area contributed by atoms with E-state index in [0.29, 0.717) is 12.3 Å². The van der Waals surface area contributed by atoms with Crippen molar-refractivity contribution in [2.45, 2.75) is 32.7 Å². The molecule has 1 amide bonds. The van der Waals surface area contributed by atoms with Gasteiger partial charge in [-0.15, -0.1) is 5.10 Å². The number of hydrogen-bond donors (Lipinski definition) is 2. The first-order valence-corrected chi connectivity index (χ1v) is 9.18. The standard InChI is InChI=1S/C19H27N5O2/c1-14-5-6-18(20-2)17(10-14)19(26)23-8-3-4-15(11-23)12-24-13-16(7-9-25)21-22-24/h5-6,10,13,15,20,25H,3-4,7-9,11-12H2,1-2H3. The fourth-order valence-corrected chi connectivity index (χ4v) is 3.54. The van der Waals surface area contributed by atoms with Crippen LogP contribution < -0.4 is 5.32 Å². The second-order valence-corrected chi connectivity index (χ2v) is 6.96. The van der Waals surface area contributed by atoms with Crippen molar-refractivity contribution < 1.29 is 9.90 Å². The molecule has 2 aromatic rings. The van der Waals surface area contributed by atoms with Gasteiger partial charge in [0.05, 0.1) is 11.3 Å². The minimum atomic E-state index is 0.0781. The van der Waals surface area contributed by atoms with Gasteiger partial charge < -0.3 is 15.3 Å². The lowest BCUT2D eigenvalue weighted by atomic mass is 9.97. The fraction of sp³-hybridized carbons (Fsp3) is 0.526. The molecule has 0 saturated carbocycles. The van der Waals surface area contributed by atoms with Gasteiger partial charge >= 0.3 is 0 Å². The first-order chi connectivity index (χ1) is 12.6. The highest BCUT2D eigenvalue weighted by Crippen LogP contribution is 2.24. The Kier molecular flexibility index (Phi) is 5.88. The number of rotatable bonds is 6. The Hall–Kier alpha value is -2.41. The van der Waals surface area contributed by atoms with Crippen LogP contribution in [0, 0.1) is 12.8 Å². The van der Waals surface area contributed by atoms with Crippen molar-refractivity contribution in [1.82, 2.24) is 19.9 Å². The fourth-order valence-electron chi connectivity index (χ4n) is 3.54. The number of carbonyl (C=O) groups excluding carboxylic acids is 1. The number of piperidine rings is 1. The first kappa shape index (κ1) is 18.4. The molecule has 1 saturated heterocycles. The Morgan fingerprint density at radius 2 is 2.27 bits per heavy atom. The third-order valence-electron chi connectivity index (χ3n) is 4.88. The predicted molar refractivity (Wildman–Crippen MR) is 100 cm³/mol. The zero-order valence-electron chi connectivity index (χ0n) is 15.5. The molecule has 2 N–H and O–H groups in total. The summed E-state index contributed by atoms with van der Waals surface area (Å²) in [6.07, 6.45) is 4.48. The number of aryl methyl sites for hydroxylation is 1. The number of benzene rings is 1. The van der Waals surface area contributed by atoms with Crippen molar-refractivity contribution in [2.75, 3.05) is 32.1 Å². The summed E-state index contributed by atoms with van der Waals surface area (Å²) in [5, 5.41) is 20.3. The third kappa shape index (κ3) is 4.22. The number of aromatic nitrogens is 3. The topological polar surface area (TPSA) is 83.3 Å². The van der Waals surface area contributed by atoms with Crippen molar-refractivity contribution in [3.8, 4) is 0 Å². The Morgan fingerprint density at radius 1 is 1.42 bits per heavy atom. The van der Waals surface area contributed by atoms with E-state index >= 15 is 0 Å². The zero-order chi connectivity index (χ0) is 18.5. The lowest BCUT2D eigenvalue weighted by Gasteiger charge is -2.33. The summed E-state index contributed by atoms with van der Waals surface area (Å²) in [4.78, 5) is 15.0. The van der Waals surface area contributed by atoms with E-state index in [1.807, 2.05) is 47.9 Å². The summed E-state index contributed by atoms with van der Waals surface area (Å²) in [6.45, 7) is 4.35. The molecule has 7 nitrogen and oxygen atoms in total. The highest BCUT2D eigenvalue weighted by Gasteiger charge is 2.26. The molecule has 0 radical (unpaired) electrons. The molecule has 1 aliphatic rings. The van der Waals surface area contributed by atoms with Crippen LogP contribution >= 0.6 is 0 Å². The summed E-state index contributed by atoms with van der Waals surface area (Å²) in [5.74, 6) is 0.446. The van der Waals surface area contributed by atoms with E-state index in [9.17, 15) is 4.79 Å². The van der Waals surface area contributed by atoms with Gasteiger partial charge in [-0.3, -0.25) is 9.48 Å². The van der Waals surface area contributed by atoms with E-state index in [1.54, 1.807) is 0 Å². The van der Waals surface area contributed by atoms with Gasteiger partial charge in [-0.2, -0.15) is 0 Å². The highest BCUT2D eigenvalue weighted by atomic mass is 16.3. The number of carbonyl (C=O) groups is 1. The maximum absolute atomic E-state index is 13.0. The molecule has 1 aromatic carbocycles. The zero-order valence-corrected chi connectivity index (χ0v) is 15.5. The number of likely N-dealkylation sites (tertiary alicyclic amines) is 1. The van der Waals surface area contributed by atoms with Crippen LogP contribution in [0.5, 0.6) is 0 Å². The molecular weight excluding hydrogens is 330 g/mol. The molecule has 0 aliphatic carbocycles. The summed E-state index contributed by atoms with van der Waals surface area (Å²) in [6, 6.07) is 5.93. The van der Waals surface area contributed by atoms with Crippen LogP contribution in [0.15, 0.2) is 24.4 Å². The van der Waals surface area contributed by atoms with Gasteiger partial charge in [0.15, 0.2) is 0 Å². The number of aliphatic hydroxyl groups excluding tert-OH is 1. The highest BCUT2D eigenvalue weighted by molar-refractivity contribution is 5.99. The van der Waals surface area contributed by atoms with Crippen LogP contribution in [0.4, 0.5) is 5.69 Å². The number of amides is 1. The van der Waals surface area contributed by atoms with Crippen molar-refractivity contribution in [1.29, 1.82) is 0 Å². The first-order valence-electron chi connectivity index (χ1n) is 9.18. The van der Waals surface area contributed by atoms with E-state index in [0.717, 1.165) is 55.0 Å². The third-order valence-corrected chi connectivity index (χ3v) is 4.88. The molecule has 3 rings (SSSR count). The Labute approximate surface area is 154 Å². The summed E-state index contributed by atoms with van der Waals surface area (Å²) in [5.41, 5.74) is 3.49. The molecule has 1 unspecified atom stereocenters. The SMILES string of the molecule is CNc1ccc(C)cc1C(=O)N1CCCC(Cn2cc(CCO)nn2)C1. The quantitative estimate of drug-likeness (QED) is 0.822. The van der Waals surface area contributed by atoms with Crippen LogP contribution in [0.3, 0.4) is 0 Å². The monoisotopic (exact) mass is 357 g/mol. The van der Waals surface area contributed by atoms with E-state index in [2.05, 4.69) is 15.6 Å². The van der Waals surface area contributed by atoms with Crippen LogP contribution in [-0.4, -0.2) is 57.7 Å². The smallest absolute Gasteiger partial charge is 0.255 e. The van der Waals surface area contributed by atoms with Crippen LogP contribution in [0.2, 0.25) is 0 Å². The van der Waals surface area contributed by atoms with Crippen molar-refractivity contribution >= 4 is 11.6 Å². The second kappa shape index (κ2) is 8.31. The normalized spacial score (nSPS) is 17.3. The van der Waals surface area contributed by atoms with Gasteiger partial charge in [0.2, 0.25) is 0 Å². The Balaban J connectivity index is 1.67. The van der Waals surface area contributed by atoms with E-state index in [1.165, 1.54) is 0 Å². The average molecular weight is 357 g/mol. The Morgan fingerprint density at radius 3 is 3.04 bits per heavy atom. The van der Waals surface area contributed by atoms with Crippen LogP contribution in [0.25, 0.3) is 0 Å². The van der Waals surface area contributed by atoms with Crippen molar-refractivity contribution in [3.63, 3.8) is 0 Å². The minimum Gasteiger partial charge on any atom is -0.396 e. The number of hydrogen-bond acceptors (Lipinski definition) is 5. The molecule has 26 heavy (non-hydrogen) atoms. The molecule has 0 bridgehead atoms. The molecular formula is C19H27N5O2. The molecule has 1 aliphatic heterocycles. The number of anilines is 1. The van der Waals surface area contributed by atoms with Crippen molar-refractivity contribution in [3.05, 3.63) is 41.2 Å². The molecule has 1 fully saturated rings. The molecule has 140 valence electrons. The van der Waals surface area contributed by atoms with Gasteiger partial charge in [-0.25, -0.2) is 0 Å². The van der Waals surface area contributed by atoms with E-state index in [-0.39, 0.29) is 12.5 Å². The van der Waals surface area contributed by atoms with Gasteiger partial charge in [0.25, 0.3) is 5.91 Å². The van der Waals surface area contributed by atoms with E-state index < -0.39 is 0 Å².